The molecule has 0 fully saturated rings. The summed E-state index contributed by atoms with van der Waals surface area (Å²) < 4.78 is 0. The number of hydrogen-bond donors (Lipinski definition) is 2. The van der Waals surface area contributed by atoms with Gasteiger partial charge in [-0.1, -0.05) is 0 Å². The minimum Gasteiger partial charge on any atom is -0.399 e. The van der Waals surface area contributed by atoms with Gasteiger partial charge in [0, 0.05) is 21.8 Å². The Morgan fingerprint density at radius 1 is 1.20 bits per heavy atom. The number of hydrogen-bond acceptors (Lipinski definition) is 4. The molecule has 1 aromatic heterocycles. The van der Waals surface area contributed by atoms with Crippen LogP contribution in [0.4, 0.5) is 11.4 Å². The van der Waals surface area contributed by atoms with Gasteiger partial charge >= 0.3 is 0 Å². The third-order valence-electron chi connectivity index (χ3n) is 2.34. The summed E-state index contributed by atoms with van der Waals surface area (Å²) in [5.41, 5.74) is 15.0. The Labute approximate surface area is 92.8 Å². The molecule has 78 valence electrons. The van der Waals surface area contributed by atoms with Crippen molar-refractivity contribution >= 4 is 22.7 Å². The van der Waals surface area contributed by atoms with Gasteiger partial charge in [-0.15, -0.1) is 11.3 Å². The van der Waals surface area contributed by atoms with Gasteiger partial charge in [0.2, 0.25) is 0 Å². The molecule has 0 spiro atoms. The predicted molar refractivity (Wildman–Crippen MR) is 65.8 cm³/mol. The van der Waals surface area contributed by atoms with E-state index in [9.17, 15) is 0 Å². The molecule has 3 nitrogen and oxygen atoms in total. The Balaban J connectivity index is 2.58. The molecule has 0 unspecified atom stereocenters. The maximum Gasteiger partial charge on any atom is 0.126 e. The highest BCUT2D eigenvalue weighted by molar-refractivity contribution is 7.15. The van der Waals surface area contributed by atoms with Crippen LogP contribution in [0, 0.1) is 13.8 Å². The monoisotopic (exact) mass is 219 g/mol. The molecule has 0 aliphatic heterocycles. The van der Waals surface area contributed by atoms with Gasteiger partial charge in [-0.3, -0.25) is 0 Å². The van der Waals surface area contributed by atoms with Crippen LogP contribution in [0.25, 0.3) is 10.6 Å². The third kappa shape index (κ3) is 1.80. The van der Waals surface area contributed by atoms with Crippen LogP contribution < -0.4 is 11.5 Å². The highest BCUT2D eigenvalue weighted by atomic mass is 32.1. The molecule has 0 saturated carbocycles. The van der Waals surface area contributed by atoms with Crippen LogP contribution in [0.15, 0.2) is 18.2 Å². The van der Waals surface area contributed by atoms with Gasteiger partial charge in [-0.2, -0.15) is 0 Å². The van der Waals surface area contributed by atoms with Crippen LogP contribution in [-0.4, -0.2) is 4.98 Å². The van der Waals surface area contributed by atoms with Crippen molar-refractivity contribution in [3.63, 3.8) is 0 Å². The van der Waals surface area contributed by atoms with Crippen molar-refractivity contribution in [2.24, 2.45) is 0 Å². The second-order valence-corrected chi connectivity index (χ2v) is 4.71. The molecule has 1 aromatic carbocycles. The fraction of sp³-hybridized carbons (Fsp3) is 0.182. The molecule has 4 N–H and O–H groups in total. The topological polar surface area (TPSA) is 64.9 Å². The lowest BCUT2D eigenvalue weighted by Gasteiger charge is -2.02. The molecule has 0 atom stereocenters. The quantitative estimate of drug-likeness (QED) is 0.724. The van der Waals surface area contributed by atoms with Gasteiger partial charge in [-0.25, -0.2) is 4.98 Å². The van der Waals surface area contributed by atoms with Crippen molar-refractivity contribution in [3.8, 4) is 10.6 Å². The van der Waals surface area contributed by atoms with E-state index < -0.39 is 0 Å². The van der Waals surface area contributed by atoms with E-state index in [0.29, 0.717) is 5.69 Å². The molecule has 0 aliphatic carbocycles. The first kappa shape index (κ1) is 9.98. The molecule has 0 amide bonds. The normalized spacial score (nSPS) is 10.5. The summed E-state index contributed by atoms with van der Waals surface area (Å²) in [6.07, 6.45) is 0. The maximum atomic E-state index is 5.89. The van der Waals surface area contributed by atoms with Gasteiger partial charge < -0.3 is 11.5 Å². The van der Waals surface area contributed by atoms with Crippen molar-refractivity contribution in [1.29, 1.82) is 0 Å². The lowest BCUT2D eigenvalue weighted by Crippen LogP contribution is -1.92. The molecule has 2 aromatic rings. The average molecular weight is 219 g/mol. The summed E-state index contributed by atoms with van der Waals surface area (Å²) in [5, 5.41) is 0.940. The number of nitrogen functional groups attached to an aromatic ring is 2. The lowest BCUT2D eigenvalue weighted by atomic mass is 10.1. The zero-order valence-electron chi connectivity index (χ0n) is 8.74. The van der Waals surface area contributed by atoms with Crippen molar-refractivity contribution in [1.82, 2.24) is 4.98 Å². The van der Waals surface area contributed by atoms with E-state index in [2.05, 4.69) is 11.9 Å². The largest absolute Gasteiger partial charge is 0.399 e. The van der Waals surface area contributed by atoms with Crippen molar-refractivity contribution < 1.29 is 0 Å². The van der Waals surface area contributed by atoms with Gasteiger partial charge in [0.1, 0.15) is 5.01 Å². The van der Waals surface area contributed by atoms with Crippen molar-refractivity contribution in [3.05, 3.63) is 28.8 Å². The van der Waals surface area contributed by atoms with E-state index in [1.54, 1.807) is 17.4 Å². The molecular formula is C11H13N3S. The van der Waals surface area contributed by atoms with Crippen LogP contribution in [0.3, 0.4) is 0 Å². The summed E-state index contributed by atoms with van der Waals surface area (Å²) >= 11 is 1.64. The second-order valence-electron chi connectivity index (χ2n) is 3.51. The fourth-order valence-electron chi connectivity index (χ4n) is 1.35. The second kappa shape index (κ2) is 3.55. The Bertz CT molecular complexity index is 483. The Morgan fingerprint density at radius 2 is 1.93 bits per heavy atom. The van der Waals surface area contributed by atoms with Crippen molar-refractivity contribution in [2.75, 3.05) is 11.5 Å². The molecule has 0 bridgehead atoms. The van der Waals surface area contributed by atoms with E-state index in [1.807, 2.05) is 19.1 Å². The van der Waals surface area contributed by atoms with Gasteiger partial charge in [0.15, 0.2) is 0 Å². The van der Waals surface area contributed by atoms with Crippen LogP contribution in [0.2, 0.25) is 0 Å². The zero-order chi connectivity index (χ0) is 11.0. The Hall–Kier alpha value is -1.55. The zero-order valence-corrected chi connectivity index (χ0v) is 9.56. The average Bonchev–Trinajstić information content (AvgIpc) is 2.51. The van der Waals surface area contributed by atoms with Crippen LogP contribution in [0.1, 0.15) is 10.6 Å². The number of rotatable bonds is 1. The number of nitrogens with zero attached hydrogens (tertiary/aromatic N) is 1. The molecule has 0 aliphatic rings. The number of nitrogens with two attached hydrogens (primary N) is 2. The third-order valence-corrected chi connectivity index (χ3v) is 3.44. The SMILES string of the molecule is Cc1nc(-c2cc(N)ccc2N)sc1C. The molecule has 4 heteroatoms. The van der Waals surface area contributed by atoms with Crippen LogP contribution in [-0.2, 0) is 0 Å². The smallest absolute Gasteiger partial charge is 0.126 e. The molecule has 15 heavy (non-hydrogen) atoms. The van der Waals surface area contributed by atoms with Crippen molar-refractivity contribution in [2.45, 2.75) is 13.8 Å². The van der Waals surface area contributed by atoms with Crippen LogP contribution in [0.5, 0.6) is 0 Å². The molecular weight excluding hydrogens is 206 g/mol. The number of thiazole rings is 1. The Kier molecular flexibility index (Phi) is 2.36. The van der Waals surface area contributed by atoms with Gasteiger partial charge in [0.25, 0.3) is 0 Å². The maximum absolute atomic E-state index is 5.89. The fourth-order valence-corrected chi connectivity index (χ4v) is 2.30. The van der Waals surface area contributed by atoms with Gasteiger partial charge in [-0.05, 0) is 32.0 Å². The summed E-state index contributed by atoms with van der Waals surface area (Å²) in [6.45, 7) is 4.05. The lowest BCUT2D eigenvalue weighted by molar-refractivity contribution is 1.23. The molecule has 0 radical (unpaired) electrons. The minimum absolute atomic E-state index is 0.713. The summed E-state index contributed by atoms with van der Waals surface area (Å²) in [5.74, 6) is 0. The first-order valence-electron chi connectivity index (χ1n) is 4.67. The summed E-state index contributed by atoms with van der Waals surface area (Å²) in [4.78, 5) is 5.68. The number of aromatic nitrogens is 1. The molecule has 1 heterocycles. The number of benzene rings is 1. The van der Waals surface area contributed by atoms with Crippen LogP contribution >= 0.6 is 11.3 Å². The van der Waals surface area contributed by atoms with E-state index in [-0.39, 0.29) is 0 Å². The molecule has 2 rings (SSSR count). The highest BCUT2D eigenvalue weighted by Crippen LogP contribution is 2.32. The molecule has 0 saturated heterocycles. The first-order valence-corrected chi connectivity index (χ1v) is 5.49. The van der Waals surface area contributed by atoms with Gasteiger partial charge in [0.05, 0.1) is 5.69 Å². The summed E-state index contributed by atoms with van der Waals surface area (Å²) in [7, 11) is 0. The number of aryl methyl sites for hydroxylation is 2. The highest BCUT2D eigenvalue weighted by Gasteiger charge is 2.09. The Morgan fingerprint density at radius 3 is 2.53 bits per heavy atom. The van der Waals surface area contributed by atoms with E-state index >= 15 is 0 Å². The minimum atomic E-state index is 0.713. The summed E-state index contributed by atoms with van der Waals surface area (Å²) in [6, 6.07) is 5.48. The van der Waals surface area contributed by atoms with E-state index in [0.717, 1.165) is 22.0 Å². The van der Waals surface area contributed by atoms with E-state index in [4.69, 9.17) is 11.5 Å². The number of anilines is 2. The first-order chi connectivity index (χ1) is 7.08. The van der Waals surface area contributed by atoms with E-state index in [1.165, 1.54) is 4.88 Å². The standard InChI is InChI=1S/C11H13N3S/c1-6-7(2)15-11(14-6)9-5-8(12)3-4-10(9)13/h3-5H,12-13H2,1-2H3. The predicted octanol–water partition coefficient (Wildman–Crippen LogP) is 2.59.